The van der Waals surface area contributed by atoms with E-state index in [-0.39, 0.29) is 11.6 Å². The lowest BCUT2D eigenvalue weighted by molar-refractivity contribution is 0.0973. The van der Waals surface area contributed by atoms with Gasteiger partial charge in [0.1, 0.15) is 0 Å². The summed E-state index contributed by atoms with van der Waals surface area (Å²) in [6, 6.07) is 13.3. The molecule has 0 aromatic heterocycles. The van der Waals surface area contributed by atoms with Gasteiger partial charge in [-0.1, -0.05) is 45.8 Å². The highest BCUT2D eigenvalue weighted by Gasteiger charge is 2.29. The highest BCUT2D eigenvalue weighted by Crippen LogP contribution is 2.29. The number of aryl methyl sites for hydroxylation is 1. The van der Waals surface area contributed by atoms with E-state index in [0.29, 0.717) is 28.7 Å². The first-order valence-corrected chi connectivity index (χ1v) is 7.91. The molecule has 2 aromatic carbocycles. The maximum Gasteiger partial charge on any atom is 0.190 e. The highest BCUT2D eigenvalue weighted by molar-refractivity contribution is 9.10. The molecule has 1 aliphatic rings. The van der Waals surface area contributed by atoms with Crippen LogP contribution in [-0.2, 0) is 6.42 Å². The van der Waals surface area contributed by atoms with Crippen molar-refractivity contribution in [1.29, 1.82) is 0 Å². The van der Waals surface area contributed by atoms with E-state index in [1.54, 1.807) is 19.1 Å². The van der Waals surface area contributed by atoms with Crippen LogP contribution in [0.3, 0.4) is 0 Å². The second-order valence-electron chi connectivity index (χ2n) is 5.61. The number of hydrogen-bond donors (Lipinski definition) is 0. The molecule has 0 saturated heterocycles. The largest absolute Gasteiger partial charge is 0.289 e. The van der Waals surface area contributed by atoms with Gasteiger partial charge in [0.25, 0.3) is 0 Å². The van der Waals surface area contributed by atoms with Crippen LogP contribution in [0, 0.1) is 6.92 Å². The molecule has 0 saturated carbocycles. The van der Waals surface area contributed by atoms with E-state index in [9.17, 15) is 9.59 Å². The normalized spacial score (nSPS) is 14.3. The Kier molecular flexibility index (Phi) is 3.83. The summed E-state index contributed by atoms with van der Waals surface area (Å²) in [4.78, 5) is 25.3. The topological polar surface area (TPSA) is 34.1 Å². The number of fused-ring (bicyclic) bond motifs is 1. The van der Waals surface area contributed by atoms with E-state index in [1.165, 1.54) is 0 Å². The summed E-state index contributed by atoms with van der Waals surface area (Å²) in [6.45, 7) is 3.67. The molecule has 0 unspecified atom stereocenters. The summed E-state index contributed by atoms with van der Waals surface area (Å²) in [5.41, 5.74) is 4.23. The summed E-state index contributed by atoms with van der Waals surface area (Å²) < 4.78 is 0.994. The van der Waals surface area contributed by atoms with Crippen molar-refractivity contribution in [2.45, 2.75) is 20.3 Å². The van der Waals surface area contributed by atoms with Crippen molar-refractivity contribution < 1.29 is 9.59 Å². The summed E-state index contributed by atoms with van der Waals surface area (Å²) in [5, 5.41) is 0. The summed E-state index contributed by atoms with van der Waals surface area (Å²) in [6.07, 6.45) is 0.483. The molecule has 110 valence electrons. The van der Waals surface area contributed by atoms with Crippen LogP contribution >= 0.6 is 15.9 Å². The molecule has 0 atom stereocenters. The van der Waals surface area contributed by atoms with Gasteiger partial charge in [-0.25, -0.2) is 0 Å². The Morgan fingerprint density at radius 3 is 2.23 bits per heavy atom. The standard InChI is InChI=1S/C19H15BrO2/c1-11-3-8-15-17(9-11)18(21)12(2)16(19(15)22)10-13-4-6-14(20)7-5-13/h3-9H,10H2,1-2H3. The number of hydrogen-bond acceptors (Lipinski definition) is 2. The molecule has 2 aromatic rings. The fourth-order valence-corrected chi connectivity index (χ4v) is 3.00. The average molecular weight is 355 g/mol. The molecular formula is C19H15BrO2. The molecule has 0 spiro atoms. The molecular weight excluding hydrogens is 340 g/mol. The van der Waals surface area contributed by atoms with Gasteiger partial charge >= 0.3 is 0 Å². The van der Waals surface area contributed by atoms with Crippen LogP contribution < -0.4 is 0 Å². The van der Waals surface area contributed by atoms with Crippen LogP contribution in [0.25, 0.3) is 0 Å². The van der Waals surface area contributed by atoms with Crippen molar-refractivity contribution in [2.75, 3.05) is 0 Å². The van der Waals surface area contributed by atoms with Crippen molar-refractivity contribution in [2.24, 2.45) is 0 Å². The number of rotatable bonds is 2. The number of ketones is 2. The lowest BCUT2D eigenvalue weighted by Gasteiger charge is -2.19. The number of halogens is 1. The molecule has 0 bridgehead atoms. The fraction of sp³-hybridized carbons (Fsp3) is 0.158. The Bertz CT molecular complexity index is 814. The molecule has 22 heavy (non-hydrogen) atoms. The average Bonchev–Trinajstić information content (AvgIpc) is 2.51. The van der Waals surface area contributed by atoms with Crippen molar-refractivity contribution in [1.82, 2.24) is 0 Å². The fourth-order valence-electron chi connectivity index (χ4n) is 2.74. The first kappa shape index (κ1) is 14.9. The summed E-state index contributed by atoms with van der Waals surface area (Å²) in [7, 11) is 0. The van der Waals surface area contributed by atoms with Crippen LogP contribution in [0.1, 0.15) is 38.8 Å². The second-order valence-corrected chi connectivity index (χ2v) is 6.53. The number of Topliss-reactive ketones (excluding diaryl/α,β-unsaturated/α-hetero) is 2. The Morgan fingerprint density at radius 2 is 1.55 bits per heavy atom. The predicted molar refractivity (Wildman–Crippen MR) is 90.4 cm³/mol. The number of allylic oxidation sites excluding steroid dienone is 2. The molecule has 2 nitrogen and oxygen atoms in total. The third kappa shape index (κ3) is 2.57. The molecule has 0 radical (unpaired) electrons. The summed E-state index contributed by atoms with van der Waals surface area (Å²) >= 11 is 3.40. The lowest BCUT2D eigenvalue weighted by atomic mass is 9.82. The minimum absolute atomic E-state index is 0.0324. The lowest BCUT2D eigenvalue weighted by Crippen LogP contribution is -2.22. The molecule has 0 N–H and O–H groups in total. The van der Waals surface area contributed by atoms with E-state index >= 15 is 0 Å². The first-order valence-electron chi connectivity index (χ1n) is 7.11. The Morgan fingerprint density at radius 1 is 0.864 bits per heavy atom. The Balaban J connectivity index is 2.03. The zero-order chi connectivity index (χ0) is 15.9. The predicted octanol–water partition coefficient (Wildman–Crippen LogP) is 4.70. The van der Waals surface area contributed by atoms with Crippen LogP contribution in [0.15, 0.2) is 58.1 Å². The van der Waals surface area contributed by atoms with Crippen molar-refractivity contribution >= 4 is 27.5 Å². The van der Waals surface area contributed by atoms with Gasteiger partial charge in [0.2, 0.25) is 0 Å². The van der Waals surface area contributed by atoms with Crippen molar-refractivity contribution in [3.05, 3.63) is 80.3 Å². The monoisotopic (exact) mass is 354 g/mol. The zero-order valence-electron chi connectivity index (χ0n) is 12.4. The zero-order valence-corrected chi connectivity index (χ0v) is 14.0. The van der Waals surface area contributed by atoms with E-state index < -0.39 is 0 Å². The molecule has 0 heterocycles. The Hall–Kier alpha value is -2.00. The van der Waals surface area contributed by atoms with Crippen LogP contribution in [0.4, 0.5) is 0 Å². The highest BCUT2D eigenvalue weighted by atomic mass is 79.9. The van der Waals surface area contributed by atoms with Gasteiger partial charge in [0, 0.05) is 33.2 Å². The van der Waals surface area contributed by atoms with Gasteiger partial charge in [-0.15, -0.1) is 0 Å². The minimum Gasteiger partial charge on any atom is -0.289 e. The van der Waals surface area contributed by atoms with Crippen LogP contribution in [0.2, 0.25) is 0 Å². The van der Waals surface area contributed by atoms with Gasteiger partial charge in [-0.3, -0.25) is 9.59 Å². The third-order valence-electron chi connectivity index (χ3n) is 4.03. The van der Waals surface area contributed by atoms with Crippen LogP contribution in [-0.4, -0.2) is 11.6 Å². The number of benzene rings is 2. The van der Waals surface area contributed by atoms with Gasteiger partial charge in [0.05, 0.1) is 0 Å². The second kappa shape index (κ2) is 5.65. The molecule has 0 aliphatic heterocycles. The van der Waals surface area contributed by atoms with E-state index in [2.05, 4.69) is 15.9 Å². The third-order valence-corrected chi connectivity index (χ3v) is 4.55. The van der Waals surface area contributed by atoms with Gasteiger partial charge < -0.3 is 0 Å². The molecule has 1 aliphatic carbocycles. The van der Waals surface area contributed by atoms with Crippen molar-refractivity contribution in [3.8, 4) is 0 Å². The summed E-state index contributed by atoms with van der Waals surface area (Å²) in [5.74, 6) is -0.0690. The molecule has 0 amide bonds. The van der Waals surface area contributed by atoms with Crippen molar-refractivity contribution in [3.63, 3.8) is 0 Å². The minimum atomic E-state index is -0.0367. The molecule has 0 fully saturated rings. The van der Waals surface area contributed by atoms with Crippen LogP contribution in [0.5, 0.6) is 0 Å². The SMILES string of the molecule is CC1=C(Cc2ccc(Br)cc2)C(=O)c2ccc(C)cc2C1=O. The quantitative estimate of drug-likeness (QED) is 0.783. The smallest absolute Gasteiger partial charge is 0.190 e. The van der Waals surface area contributed by atoms with E-state index in [1.807, 2.05) is 37.3 Å². The Labute approximate surface area is 138 Å². The molecule has 3 heteroatoms. The van der Waals surface area contributed by atoms with Gasteiger partial charge in [-0.05, 0) is 37.6 Å². The van der Waals surface area contributed by atoms with Gasteiger partial charge in [-0.2, -0.15) is 0 Å². The number of carbonyl (C=O) groups is 2. The number of carbonyl (C=O) groups excluding carboxylic acids is 2. The molecule has 3 rings (SSSR count). The van der Waals surface area contributed by atoms with Gasteiger partial charge in [0.15, 0.2) is 11.6 Å². The first-order chi connectivity index (χ1) is 10.5. The van der Waals surface area contributed by atoms with E-state index in [0.717, 1.165) is 15.6 Å². The van der Waals surface area contributed by atoms with E-state index in [4.69, 9.17) is 0 Å². The maximum absolute atomic E-state index is 12.7. The maximum atomic E-state index is 12.7.